The number of amides is 2. The Balaban J connectivity index is 1.94. The van der Waals surface area contributed by atoms with Gasteiger partial charge in [0.15, 0.2) is 0 Å². The molecular weight excluding hydrogens is 450 g/mol. The molecular formula is C26H29N3O4S. The fraction of sp³-hybridized carbons (Fsp3) is 0.231. The van der Waals surface area contributed by atoms with Gasteiger partial charge in [-0.2, -0.15) is 0 Å². The number of nitrogens with zero attached hydrogens (tertiary/aromatic N) is 2. The molecule has 0 aliphatic carbocycles. The van der Waals surface area contributed by atoms with Crippen LogP contribution in [0, 0.1) is 6.92 Å². The van der Waals surface area contributed by atoms with Crippen LogP contribution in [0.5, 0.6) is 0 Å². The Hall–Kier alpha value is -3.65. The molecule has 0 radical (unpaired) electrons. The second kappa shape index (κ2) is 11.0. The lowest BCUT2D eigenvalue weighted by atomic mass is 10.1. The van der Waals surface area contributed by atoms with Crippen LogP contribution in [0.15, 0.2) is 83.8 Å². The molecule has 3 rings (SSSR count). The zero-order valence-electron chi connectivity index (χ0n) is 19.6. The minimum atomic E-state index is -4.01. The Morgan fingerprint density at radius 3 is 2.06 bits per heavy atom. The Bertz CT molecular complexity index is 1260. The first-order chi connectivity index (χ1) is 16.3. The fourth-order valence-corrected chi connectivity index (χ4v) is 5.15. The number of rotatable bonds is 9. The van der Waals surface area contributed by atoms with Gasteiger partial charge in [0.2, 0.25) is 5.91 Å². The fourth-order valence-electron chi connectivity index (χ4n) is 3.64. The highest BCUT2D eigenvalue weighted by molar-refractivity contribution is 7.92. The second-order valence-electron chi connectivity index (χ2n) is 7.68. The summed E-state index contributed by atoms with van der Waals surface area (Å²) >= 11 is 0. The molecule has 0 unspecified atom stereocenters. The van der Waals surface area contributed by atoms with E-state index in [9.17, 15) is 18.0 Å². The van der Waals surface area contributed by atoms with Crippen molar-refractivity contribution < 1.29 is 18.0 Å². The van der Waals surface area contributed by atoms with E-state index in [4.69, 9.17) is 0 Å². The molecule has 1 N–H and O–H groups in total. The van der Waals surface area contributed by atoms with Crippen molar-refractivity contribution in [2.75, 3.05) is 29.3 Å². The number of aryl methyl sites for hydroxylation is 1. The van der Waals surface area contributed by atoms with E-state index in [1.807, 2.05) is 13.8 Å². The normalized spacial score (nSPS) is 11.0. The first-order valence-electron chi connectivity index (χ1n) is 11.1. The van der Waals surface area contributed by atoms with Gasteiger partial charge in [-0.15, -0.1) is 0 Å². The second-order valence-corrected chi connectivity index (χ2v) is 9.54. The molecule has 0 atom stereocenters. The molecule has 0 saturated carbocycles. The number of sulfonamides is 1. The van der Waals surface area contributed by atoms with Gasteiger partial charge in [-0.1, -0.05) is 48.5 Å². The SMILES string of the molecule is CCN(CC)C(=O)c1ccccc1NC(=O)CN(c1ccccc1C)S(=O)(=O)c1ccccc1. The number of benzene rings is 3. The van der Waals surface area contributed by atoms with Crippen molar-refractivity contribution in [2.24, 2.45) is 0 Å². The molecule has 0 aromatic heterocycles. The summed E-state index contributed by atoms with van der Waals surface area (Å²) in [6.07, 6.45) is 0. The predicted molar refractivity (Wildman–Crippen MR) is 134 cm³/mol. The van der Waals surface area contributed by atoms with Gasteiger partial charge in [0.25, 0.3) is 15.9 Å². The minimum Gasteiger partial charge on any atom is -0.339 e. The molecule has 0 saturated heterocycles. The van der Waals surface area contributed by atoms with Crippen LogP contribution in [-0.4, -0.2) is 44.8 Å². The monoisotopic (exact) mass is 479 g/mol. The van der Waals surface area contributed by atoms with Crippen LogP contribution in [0.1, 0.15) is 29.8 Å². The molecule has 0 spiro atoms. The summed E-state index contributed by atoms with van der Waals surface area (Å²) in [7, 11) is -4.01. The summed E-state index contributed by atoms with van der Waals surface area (Å²) in [5.41, 5.74) is 1.82. The number of carbonyl (C=O) groups is 2. The lowest BCUT2D eigenvalue weighted by molar-refractivity contribution is -0.114. The van der Waals surface area contributed by atoms with Crippen LogP contribution < -0.4 is 9.62 Å². The first kappa shape index (κ1) is 25.0. The highest BCUT2D eigenvalue weighted by atomic mass is 32.2. The summed E-state index contributed by atoms with van der Waals surface area (Å²) < 4.78 is 28.1. The van der Waals surface area contributed by atoms with Crippen LogP contribution in [0.2, 0.25) is 0 Å². The largest absolute Gasteiger partial charge is 0.339 e. The van der Waals surface area contributed by atoms with Gasteiger partial charge in [0, 0.05) is 13.1 Å². The number of anilines is 2. The van der Waals surface area contributed by atoms with Crippen molar-refractivity contribution in [2.45, 2.75) is 25.7 Å². The highest BCUT2D eigenvalue weighted by Crippen LogP contribution is 2.27. The average Bonchev–Trinajstić information content (AvgIpc) is 2.84. The Kier molecular flexibility index (Phi) is 8.07. The van der Waals surface area contributed by atoms with Crippen molar-refractivity contribution in [3.63, 3.8) is 0 Å². The van der Waals surface area contributed by atoms with Crippen LogP contribution in [-0.2, 0) is 14.8 Å². The maximum Gasteiger partial charge on any atom is 0.264 e. The van der Waals surface area contributed by atoms with Crippen molar-refractivity contribution in [1.82, 2.24) is 4.90 Å². The molecule has 2 amide bonds. The van der Waals surface area contributed by atoms with E-state index in [0.717, 1.165) is 4.31 Å². The third kappa shape index (κ3) is 5.46. The summed E-state index contributed by atoms with van der Waals surface area (Å²) in [5, 5.41) is 2.75. The number of hydrogen-bond donors (Lipinski definition) is 1. The number of nitrogens with one attached hydrogen (secondary N) is 1. The maximum absolute atomic E-state index is 13.5. The summed E-state index contributed by atoms with van der Waals surface area (Å²) in [4.78, 5) is 27.8. The molecule has 8 heteroatoms. The van der Waals surface area contributed by atoms with Gasteiger partial charge >= 0.3 is 0 Å². The van der Waals surface area contributed by atoms with Crippen molar-refractivity contribution in [3.8, 4) is 0 Å². The van der Waals surface area contributed by atoms with Crippen molar-refractivity contribution >= 4 is 33.2 Å². The van der Waals surface area contributed by atoms with Crippen LogP contribution in [0.3, 0.4) is 0 Å². The molecule has 0 heterocycles. The predicted octanol–water partition coefficient (Wildman–Crippen LogP) is 4.31. The molecule has 34 heavy (non-hydrogen) atoms. The lowest BCUT2D eigenvalue weighted by Crippen LogP contribution is -2.39. The van der Waals surface area contributed by atoms with Gasteiger partial charge in [-0.05, 0) is 56.7 Å². The van der Waals surface area contributed by atoms with E-state index < -0.39 is 22.5 Å². The van der Waals surface area contributed by atoms with E-state index in [2.05, 4.69) is 5.32 Å². The number of hydrogen-bond acceptors (Lipinski definition) is 4. The third-order valence-corrected chi connectivity index (χ3v) is 7.26. The standard InChI is InChI=1S/C26H29N3O4S/c1-4-28(5-2)26(31)22-16-10-11-17-23(22)27-25(30)19-29(24-18-12-9-13-20(24)3)34(32,33)21-14-7-6-8-15-21/h6-18H,4-5,19H2,1-3H3,(H,27,30). The molecule has 0 aliphatic heterocycles. The Morgan fingerprint density at radius 1 is 0.824 bits per heavy atom. The number of carbonyl (C=O) groups excluding carboxylic acids is 2. The quantitative estimate of drug-likeness (QED) is 0.495. The maximum atomic E-state index is 13.5. The Labute approximate surface area is 201 Å². The van der Waals surface area contributed by atoms with Gasteiger partial charge < -0.3 is 10.2 Å². The molecule has 178 valence electrons. The third-order valence-electron chi connectivity index (χ3n) is 5.48. The van der Waals surface area contributed by atoms with Crippen LogP contribution in [0.25, 0.3) is 0 Å². The zero-order chi connectivity index (χ0) is 24.7. The van der Waals surface area contributed by atoms with Crippen LogP contribution >= 0.6 is 0 Å². The lowest BCUT2D eigenvalue weighted by Gasteiger charge is -2.26. The van der Waals surface area contributed by atoms with Crippen molar-refractivity contribution in [1.29, 1.82) is 0 Å². The zero-order valence-corrected chi connectivity index (χ0v) is 20.4. The molecule has 3 aromatic rings. The van der Waals surface area contributed by atoms with Crippen molar-refractivity contribution in [3.05, 3.63) is 90.0 Å². The van der Waals surface area contributed by atoms with E-state index in [0.29, 0.717) is 35.6 Å². The molecule has 0 aliphatic rings. The topological polar surface area (TPSA) is 86.8 Å². The smallest absolute Gasteiger partial charge is 0.264 e. The Morgan fingerprint density at radius 2 is 1.41 bits per heavy atom. The summed E-state index contributed by atoms with van der Waals surface area (Å²) in [6.45, 7) is 6.19. The molecule has 0 fully saturated rings. The molecule has 7 nitrogen and oxygen atoms in total. The van der Waals surface area contributed by atoms with E-state index in [1.165, 1.54) is 12.1 Å². The summed E-state index contributed by atoms with van der Waals surface area (Å²) in [5.74, 6) is -0.754. The molecule has 3 aromatic carbocycles. The van der Waals surface area contributed by atoms with Gasteiger partial charge in [-0.25, -0.2) is 8.42 Å². The average molecular weight is 480 g/mol. The summed E-state index contributed by atoms with van der Waals surface area (Å²) in [6, 6.07) is 21.7. The minimum absolute atomic E-state index is 0.0863. The molecule has 0 bridgehead atoms. The van der Waals surface area contributed by atoms with E-state index in [1.54, 1.807) is 78.6 Å². The van der Waals surface area contributed by atoms with Gasteiger partial charge in [0.05, 0.1) is 21.8 Å². The van der Waals surface area contributed by atoms with Gasteiger partial charge in [0.1, 0.15) is 6.54 Å². The van der Waals surface area contributed by atoms with E-state index >= 15 is 0 Å². The van der Waals surface area contributed by atoms with Crippen LogP contribution in [0.4, 0.5) is 11.4 Å². The number of para-hydroxylation sites is 2. The first-order valence-corrected chi connectivity index (χ1v) is 12.5. The van der Waals surface area contributed by atoms with Gasteiger partial charge in [-0.3, -0.25) is 13.9 Å². The highest BCUT2D eigenvalue weighted by Gasteiger charge is 2.28. The van der Waals surface area contributed by atoms with E-state index in [-0.39, 0.29) is 10.8 Å².